The Morgan fingerprint density at radius 1 is 0.281 bits per heavy atom. The lowest BCUT2D eigenvalue weighted by Gasteiger charge is -2.26. The Morgan fingerprint density at radius 2 is 0.737 bits per heavy atom. The van der Waals surface area contributed by atoms with E-state index in [0.717, 1.165) is 39.5 Å². The van der Waals surface area contributed by atoms with Crippen LogP contribution in [0, 0.1) is 0 Å². The number of aromatic nitrogens is 2. The number of anilines is 3. The molecule has 268 valence electrons. The zero-order valence-electron chi connectivity index (χ0n) is 31.2. The molecule has 11 aromatic rings. The average molecular weight is 728 g/mol. The van der Waals surface area contributed by atoms with E-state index in [1.807, 2.05) is 0 Å². The largest absolute Gasteiger partial charge is 0.310 e. The monoisotopic (exact) mass is 727 g/mol. The van der Waals surface area contributed by atoms with Crippen molar-refractivity contribution < 1.29 is 0 Å². The quantitative estimate of drug-likeness (QED) is 0.159. The second kappa shape index (κ2) is 13.6. The van der Waals surface area contributed by atoms with Gasteiger partial charge in [-0.3, -0.25) is 0 Å². The third kappa shape index (κ3) is 5.51. The van der Waals surface area contributed by atoms with Crippen molar-refractivity contribution in [3.63, 3.8) is 0 Å². The fraction of sp³-hybridized carbons (Fsp3) is 0. The van der Waals surface area contributed by atoms with Crippen LogP contribution >= 0.6 is 0 Å². The lowest BCUT2D eigenvalue weighted by molar-refractivity contribution is 1.17. The maximum atomic E-state index is 2.42. The molecule has 0 amide bonds. The zero-order chi connectivity index (χ0) is 37.7. The Labute approximate surface area is 331 Å². The van der Waals surface area contributed by atoms with Gasteiger partial charge < -0.3 is 14.0 Å². The molecule has 9 aromatic carbocycles. The summed E-state index contributed by atoms with van der Waals surface area (Å²) in [5, 5.41) is 4.94. The molecule has 0 aliphatic heterocycles. The van der Waals surface area contributed by atoms with Crippen molar-refractivity contribution >= 4 is 60.7 Å². The minimum Gasteiger partial charge on any atom is -0.310 e. The van der Waals surface area contributed by atoms with E-state index in [4.69, 9.17) is 0 Å². The maximum Gasteiger partial charge on any atom is 0.0562 e. The van der Waals surface area contributed by atoms with Gasteiger partial charge in [-0.25, -0.2) is 0 Å². The maximum absolute atomic E-state index is 2.42. The van der Waals surface area contributed by atoms with Crippen LogP contribution in [-0.2, 0) is 0 Å². The molecule has 3 nitrogen and oxygen atoms in total. The Bertz CT molecular complexity index is 3200. The number of benzene rings is 9. The molecule has 0 saturated carbocycles. The molecule has 0 unspecified atom stereocenters. The molecule has 3 heteroatoms. The Balaban J connectivity index is 1.18. The highest BCUT2D eigenvalue weighted by Crippen LogP contribution is 2.44. The molecule has 2 aromatic heterocycles. The summed E-state index contributed by atoms with van der Waals surface area (Å²) in [6.45, 7) is 0. The van der Waals surface area contributed by atoms with E-state index in [2.05, 4.69) is 238 Å². The molecule has 0 fully saturated rings. The number of rotatable bonds is 7. The molecular formula is C54H37N3. The normalized spacial score (nSPS) is 11.5. The molecule has 0 atom stereocenters. The van der Waals surface area contributed by atoms with Gasteiger partial charge in [-0.05, 0) is 95.1 Å². The van der Waals surface area contributed by atoms with Crippen LogP contribution in [0.3, 0.4) is 0 Å². The highest BCUT2D eigenvalue weighted by molar-refractivity contribution is 6.17. The van der Waals surface area contributed by atoms with Gasteiger partial charge in [0.2, 0.25) is 0 Å². The van der Waals surface area contributed by atoms with Gasteiger partial charge in [-0.15, -0.1) is 0 Å². The van der Waals surface area contributed by atoms with Crippen LogP contribution in [0.25, 0.3) is 77.2 Å². The smallest absolute Gasteiger partial charge is 0.0562 e. The predicted molar refractivity (Wildman–Crippen MR) is 241 cm³/mol. The van der Waals surface area contributed by atoms with E-state index in [-0.39, 0.29) is 0 Å². The summed E-state index contributed by atoms with van der Waals surface area (Å²) in [6.07, 6.45) is 0. The Kier molecular flexibility index (Phi) is 7.82. The third-order valence-electron chi connectivity index (χ3n) is 11.3. The van der Waals surface area contributed by atoms with Crippen molar-refractivity contribution in [3.8, 4) is 33.6 Å². The van der Waals surface area contributed by atoms with E-state index in [9.17, 15) is 0 Å². The highest BCUT2D eigenvalue weighted by atomic mass is 15.1. The van der Waals surface area contributed by atoms with Gasteiger partial charge in [0.25, 0.3) is 0 Å². The van der Waals surface area contributed by atoms with E-state index in [1.165, 1.54) is 54.8 Å². The number of hydrogen-bond acceptors (Lipinski definition) is 1. The predicted octanol–water partition coefficient (Wildman–Crippen LogP) is 14.7. The van der Waals surface area contributed by atoms with Crippen molar-refractivity contribution in [2.45, 2.75) is 0 Å². The minimum absolute atomic E-state index is 1.08. The zero-order valence-corrected chi connectivity index (χ0v) is 31.2. The second-order valence-electron chi connectivity index (χ2n) is 14.6. The van der Waals surface area contributed by atoms with Gasteiger partial charge in [0.05, 0.1) is 22.1 Å². The molecule has 2 heterocycles. The summed E-state index contributed by atoms with van der Waals surface area (Å²) < 4.78 is 4.82. The highest BCUT2D eigenvalue weighted by Gasteiger charge is 2.21. The summed E-state index contributed by atoms with van der Waals surface area (Å²) in [7, 11) is 0. The second-order valence-corrected chi connectivity index (χ2v) is 14.6. The van der Waals surface area contributed by atoms with Gasteiger partial charge in [0.15, 0.2) is 0 Å². The van der Waals surface area contributed by atoms with Gasteiger partial charge in [-0.1, -0.05) is 152 Å². The van der Waals surface area contributed by atoms with E-state index < -0.39 is 0 Å². The van der Waals surface area contributed by atoms with Crippen LogP contribution in [0.5, 0.6) is 0 Å². The van der Waals surface area contributed by atoms with Crippen LogP contribution in [0.2, 0.25) is 0 Å². The summed E-state index contributed by atoms with van der Waals surface area (Å²) in [5.74, 6) is 0. The minimum atomic E-state index is 1.08. The number of nitrogens with zero attached hydrogens (tertiary/aromatic N) is 3. The topological polar surface area (TPSA) is 13.1 Å². The number of para-hydroxylation sites is 3. The first-order chi connectivity index (χ1) is 28.3. The molecule has 0 aliphatic carbocycles. The summed E-state index contributed by atoms with van der Waals surface area (Å²) in [4.78, 5) is 2.41. The lowest BCUT2D eigenvalue weighted by Crippen LogP contribution is -2.10. The molecule has 0 spiro atoms. The van der Waals surface area contributed by atoms with Gasteiger partial charge >= 0.3 is 0 Å². The van der Waals surface area contributed by atoms with E-state index >= 15 is 0 Å². The lowest BCUT2D eigenvalue weighted by atomic mass is 9.99. The number of fused-ring (bicyclic) bond motifs is 6. The third-order valence-corrected chi connectivity index (χ3v) is 11.3. The number of hydrogen-bond donors (Lipinski definition) is 0. The van der Waals surface area contributed by atoms with Crippen LogP contribution in [0.15, 0.2) is 224 Å². The van der Waals surface area contributed by atoms with Crippen LogP contribution in [-0.4, -0.2) is 9.13 Å². The summed E-state index contributed by atoms with van der Waals surface area (Å²) in [5.41, 5.74) is 15.0. The first-order valence-electron chi connectivity index (χ1n) is 19.5. The first-order valence-corrected chi connectivity index (χ1v) is 19.5. The SMILES string of the molecule is c1ccc(-c2ccc(N(c3ccc4c5ccccc5n(-c5ccccc5)c4c3)c3ccc4c5c(-c6ccccc6)cccc5n(-c5ccccc5)c4c3)cc2)cc1. The summed E-state index contributed by atoms with van der Waals surface area (Å²) >= 11 is 0. The van der Waals surface area contributed by atoms with E-state index in [0.29, 0.717) is 0 Å². The molecule has 0 radical (unpaired) electrons. The Hall–Kier alpha value is -7.62. The van der Waals surface area contributed by atoms with Gasteiger partial charge in [0.1, 0.15) is 0 Å². The summed E-state index contributed by atoms with van der Waals surface area (Å²) in [6, 6.07) is 81.1. The molecule has 11 rings (SSSR count). The fourth-order valence-electron chi connectivity index (χ4n) is 8.74. The fourth-order valence-corrected chi connectivity index (χ4v) is 8.74. The standard InChI is InChI=1S/C54H37N3/c1-5-16-38(17-6-1)39-28-30-43(31-29-39)55(44-32-34-48-47-24-13-14-26-50(47)56(52(48)36-44)41-20-9-3-10-21-41)45-33-35-49-53(37-45)57(42-22-11-4-12-23-42)51-27-15-25-46(54(49)51)40-18-7-2-8-19-40/h1-37H. The van der Waals surface area contributed by atoms with Crippen LogP contribution in [0.1, 0.15) is 0 Å². The van der Waals surface area contributed by atoms with Crippen molar-refractivity contribution in [1.29, 1.82) is 0 Å². The average Bonchev–Trinajstić information content (AvgIpc) is 3.80. The van der Waals surface area contributed by atoms with Crippen LogP contribution in [0.4, 0.5) is 17.1 Å². The van der Waals surface area contributed by atoms with Gasteiger partial charge in [-0.2, -0.15) is 0 Å². The van der Waals surface area contributed by atoms with Crippen molar-refractivity contribution in [2.24, 2.45) is 0 Å². The Morgan fingerprint density at radius 3 is 1.39 bits per heavy atom. The van der Waals surface area contributed by atoms with Crippen molar-refractivity contribution in [2.75, 3.05) is 4.90 Å². The molecule has 0 bridgehead atoms. The molecule has 0 N–H and O–H groups in total. The first kappa shape index (κ1) is 32.8. The van der Waals surface area contributed by atoms with Crippen molar-refractivity contribution in [1.82, 2.24) is 9.13 Å². The van der Waals surface area contributed by atoms with E-state index in [1.54, 1.807) is 0 Å². The molecule has 0 saturated heterocycles. The molecular weight excluding hydrogens is 691 g/mol. The van der Waals surface area contributed by atoms with Crippen LogP contribution < -0.4 is 4.90 Å². The molecule has 57 heavy (non-hydrogen) atoms. The molecule has 0 aliphatic rings. The van der Waals surface area contributed by atoms with Crippen molar-refractivity contribution in [3.05, 3.63) is 224 Å². The van der Waals surface area contributed by atoms with Gasteiger partial charge in [0, 0.05) is 50.0 Å².